The van der Waals surface area contributed by atoms with Gasteiger partial charge in [0.1, 0.15) is 7.85 Å². The van der Waals surface area contributed by atoms with E-state index in [2.05, 4.69) is 26.2 Å². The summed E-state index contributed by atoms with van der Waals surface area (Å²) in [7, 11) is 2.29. The molecule has 1 nitrogen and oxygen atoms in total. The molecule has 0 radical (unpaired) electrons. The first-order valence-corrected chi connectivity index (χ1v) is 4.24. The molecule has 0 aliphatic carbocycles. The van der Waals surface area contributed by atoms with Gasteiger partial charge in [-0.15, -0.1) is 0 Å². The van der Waals surface area contributed by atoms with Crippen LogP contribution in [0.2, 0.25) is 5.82 Å². The van der Waals surface area contributed by atoms with Crippen molar-refractivity contribution in [3.8, 4) is 0 Å². The van der Waals surface area contributed by atoms with Crippen LogP contribution in [0.25, 0.3) is 0 Å². The van der Waals surface area contributed by atoms with Crippen LogP contribution in [0.5, 0.6) is 0 Å². The van der Waals surface area contributed by atoms with E-state index < -0.39 is 0 Å². The molecule has 1 N–H and O–H groups in total. The molecule has 1 aliphatic rings. The first kappa shape index (κ1) is 7.87. The predicted molar refractivity (Wildman–Crippen MR) is 48.2 cm³/mol. The van der Waals surface area contributed by atoms with E-state index in [9.17, 15) is 0 Å². The summed E-state index contributed by atoms with van der Waals surface area (Å²) in [5, 5.41) is 3.36. The molecule has 1 atom stereocenters. The molecular weight excluding hydrogens is 121 g/mol. The van der Waals surface area contributed by atoms with Gasteiger partial charge in [-0.2, -0.15) is 0 Å². The summed E-state index contributed by atoms with van der Waals surface area (Å²) in [4.78, 5) is 0. The van der Waals surface area contributed by atoms with Crippen LogP contribution in [0.15, 0.2) is 11.6 Å². The lowest BCUT2D eigenvalue weighted by Gasteiger charge is -2.00. The van der Waals surface area contributed by atoms with E-state index in [1.54, 1.807) is 5.57 Å². The second-order valence-electron chi connectivity index (χ2n) is 3.10. The van der Waals surface area contributed by atoms with Gasteiger partial charge < -0.3 is 5.32 Å². The third-order valence-corrected chi connectivity index (χ3v) is 2.11. The highest BCUT2D eigenvalue weighted by Crippen LogP contribution is 2.18. The Hall–Kier alpha value is -0.235. The fourth-order valence-electron chi connectivity index (χ4n) is 1.34. The number of unbranched alkanes of at least 4 members (excludes halogenated alkanes) is 1. The number of allylic oxidation sites excluding steroid dienone is 1. The molecule has 10 heavy (non-hydrogen) atoms. The average molecular weight is 137 g/mol. The molecule has 0 aromatic rings. The molecule has 1 saturated heterocycles. The van der Waals surface area contributed by atoms with Crippen LogP contribution in [0.4, 0.5) is 0 Å². The first-order chi connectivity index (χ1) is 4.84. The minimum Gasteiger partial charge on any atom is -0.313 e. The summed E-state index contributed by atoms with van der Waals surface area (Å²) in [6.07, 6.45) is 4.92. The molecular formula is C8H16BN. The molecule has 1 aliphatic heterocycles. The minimum absolute atomic E-state index is 0.784. The standard InChI is InChI=1S/C8H16BN/c1-2-3-4-7-5-10-6-8(7)9/h4,8,10H,2-3,5-6,9H2,1H3/b7-4+/t8-/m1/s1. The average Bonchev–Trinajstić information content (AvgIpc) is 2.31. The smallest absolute Gasteiger partial charge is 0.112 e. The van der Waals surface area contributed by atoms with Crippen LogP contribution in [-0.2, 0) is 0 Å². The normalized spacial score (nSPS) is 29.7. The maximum absolute atomic E-state index is 3.36. The molecule has 0 unspecified atom stereocenters. The van der Waals surface area contributed by atoms with Crippen LogP contribution in [0.1, 0.15) is 19.8 Å². The zero-order chi connectivity index (χ0) is 7.40. The molecule has 0 saturated carbocycles. The van der Waals surface area contributed by atoms with Crippen molar-refractivity contribution in [2.45, 2.75) is 25.6 Å². The Kier molecular flexibility index (Phi) is 3.00. The van der Waals surface area contributed by atoms with Gasteiger partial charge in [0.2, 0.25) is 0 Å². The quantitative estimate of drug-likeness (QED) is 0.437. The zero-order valence-electron chi connectivity index (χ0n) is 6.98. The van der Waals surface area contributed by atoms with E-state index in [1.807, 2.05) is 0 Å². The maximum Gasteiger partial charge on any atom is 0.112 e. The van der Waals surface area contributed by atoms with E-state index in [0.29, 0.717) is 0 Å². The lowest BCUT2D eigenvalue weighted by molar-refractivity contribution is 0.861. The summed E-state index contributed by atoms with van der Waals surface area (Å²) in [5.41, 5.74) is 1.61. The van der Waals surface area contributed by atoms with Crippen molar-refractivity contribution in [3.05, 3.63) is 11.6 Å². The monoisotopic (exact) mass is 137 g/mol. The van der Waals surface area contributed by atoms with Gasteiger partial charge in [-0.05, 0) is 18.8 Å². The molecule has 56 valence electrons. The lowest BCUT2D eigenvalue weighted by atomic mass is 9.83. The second kappa shape index (κ2) is 3.82. The van der Waals surface area contributed by atoms with E-state index in [4.69, 9.17) is 0 Å². The fraction of sp³-hybridized carbons (Fsp3) is 0.750. The molecule has 1 heterocycles. The van der Waals surface area contributed by atoms with Crippen molar-refractivity contribution < 1.29 is 0 Å². The Balaban J connectivity index is 2.38. The zero-order valence-corrected chi connectivity index (χ0v) is 6.98. The predicted octanol–water partition coefficient (Wildman–Crippen LogP) is 0.738. The van der Waals surface area contributed by atoms with Gasteiger partial charge in [-0.3, -0.25) is 0 Å². The Morgan fingerprint density at radius 2 is 2.60 bits per heavy atom. The van der Waals surface area contributed by atoms with Crippen LogP contribution in [0.3, 0.4) is 0 Å². The van der Waals surface area contributed by atoms with Gasteiger partial charge in [0.05, 0.1) is 0 Å². The van der Waals surface area contributed by atoms with E-state index in [-0.39, 0.29) is 0 Å². The van der Waals surface area contributed by atoms with Crippen LogP contribution in [-0.4, -0.2) is 20.9 Å². The summed E-state index contributed by atoms with van der Waals surface area (Å²) >= 11 is 0. The van der Waals surface area contributed by atoms with Crippen LogP contribution < -0.4 is 5.32 Å². The van der Waals surface area contributed by atoms with Crippen molar-refractivity contribution >= 4 is 7.85 Å². The topological polar surface area (TPSA) is 12.0 Å². The molecule has 0 bridgehead atoms. The lowest BCUT2D eigenvalue weighted by Crippen LogP contribution is -2.05. The third kappa shape index (κ3) is 1.88. The van der Waals surface area contributed by atoms with E-state index >= 15 is 0 Å². The van der Waals surface area contributed by atoms with Gasteiger partial charge in [-0.1, -0.05) is 25.0 Å². The van der Waals surface area contributed by atoms with Crippen molar-refractivity contribution in [2.24, 2.45) is 0 Å². The molecule has 0 aromatic heterocycles. The van der Waals surface area contributed by atoms with Gasteiger partial charge in [-0.25, -0.2) is 0 Å². The van der Waals surface area contributed by atoms with Gasteiger partial charge in [0, 0.05) is 6.54 Å². The Morgan fingerprint density at radius 1 is 1.80 bits per heavy atom. The summed E-state index contributed by atoms with van der Waals surface area (Å²) in [5.74, 6) is 0.784. The Labute approximate surface area is 64.3 Å². The van der Waals surface area contributed by atoms with Gasteiger partial charge in [0.25, 0.3) is 0 Å². The van der Waals surface area contributed by atoms with Crippen LogP contribution in [0, 0.1) is 0 Å². The highest BCUT2D eigenvalue weighted by molar-refractivity contribution is 6.14. The Bertz CT molecular complexity index is 131. The maximum atomic E-state index is 3.36. The molecule has 0 aromatic carbocycles. The molecule has 1 rings (SSSR count). The largest absolute Gasteiger partial charge is 0.313 e. The molecule has 1 fully saturated rings. The Morgan fingerprint density at radius 3 is 3.10 bits per heavy atom. The number of hydrogen-bond donors (Lipinski definition) is 1. The van der Waals surface area contributed by atoms with Crippen LogP contribution >= 0.6 is 0 Å². The summed E-state index contributed by atoms with van der Waals surface area (Å²) in [6.45, 7) is 4.53. The minimum atomic E-state index is 0.784. The summed E-state index contributed by atoms with van der Waals surface area (Å²) < 4.78 is 0. The highest BCUT2D eigenvalue weighted by Gasteiger charge is 2.13. The third-order valence-electron chi connectivity index (χ3n) is 2.11. The van der Waals surface area contributed by atoms with Crippen molar-refractivity contribution in [1.29, 1.82) is 0 Å². The highest BCUT2D eigenvalue weighted by atomic mass is 14.9. The van der Waals surface area contributed by atoms with E-state index in [0.717, 1.165) is 12.4 Å². The second-order valence-corrected chi connectivity index (χ2v) is 3.10. The number of nitrogens with one attached hydrogen (secondary N) is 1. The molecule has 0 spiro atoms. The SMILES string of the molecule is B[C@@H]1CNC/C1=C\CCC. The number of rotatable bonds is 2. The van der Waals surface area contributed by atoms with Crippen molar-refractivity contribution in [3.63, 3.8) is 0 Å². The van der Waals surface area contributed by atoms with E-state index in [1.165, 1.54) is 19.4 Å². The van der Waals surface area contributed by atoms with Gasteiger partial charge in [0.15, 0.2) is 0 Å². The summed E-state index contributed by atoms with van der Waals surface area (Å²) in [6, 6.07) is 0. The fourth-order valence-corrected chi connectivity index (χ4v) is 1.34. The van der Waals surface area contributed by atoms with Gasteiger partial charge >= 0.3 is 0 Å². The van der Waals surface area contributed by atoms with Crippen molar-refractivity contribution in [2.75, 3.05) is 13.1 Å². The first-order valence-electron chi connectivity index (χ1n) is 4.24. The molecule has 0 amide bonds. The van der Waals surface area contributed by atoms with Crippen molar-refractivity contribution in [1.82, 2.24) is 5.32 Å². The number of hydrogen-bond acceptors (Lipinski definition) is 1. The molecule has 2 heteroatoms.